The average Bonchev–Trinajstić information content (AvgIpc) is 2.85. The molecular weight excluding hydrogens is 268 g/mol. The van der Waals surface area contributed by atoms with Gasteiger partial charge in [0, 0.05) is 26.2 Å². The Bertz CT molecular complexity index is 717. The van der Waals surface area contributed by atoms with Crippen molar-refractivity contribution >= 4 is 11.5 Å². The van der Waals surface area contributed by atoms with E-state index in [1.807, 2.05) is 17.7 Å². The Balaban J connectivity index is 1.87. The minimum Gasteiger partial charge on any atom is -0.334 e. The monoisotopic (exact) mass is 288 g/mol. The van der Waals surface area contributed by atoms with Gasteiger partial charge in [0.05, 0.1) is 17.9 Å². The first kappa shape index (κ1) is 13.8. The van der Waals surface area contributed by atoms with E-state index in [1.54, 1.807) is 13.1 Å². The Labute approximate surface area is 123 Å². The number of likely N-dealkylation sites (N-methyl/N-ethyl adjacent to an activating group) is 1. The van der Waals surface area contributed by atoms with Gasteiger partial charge < -0.3 is 5.32 Å². The Morgan fingerprint density at radius 3 is 2.86 bits per heavy atom. The van der Waals surface area contributed by atoms with E-state index >= 15 is 0 Å². The third-order valence-electron chi connectivity index (χ3n) is 3.77. The lowest BCUT2D eigenvalue weighted by molar-refractivity contribution is 0.224. The van der Waals surface area contributed by atoms with E-state index in [1.165, 1.54) is 10.4 Å². The van der Waals surface area contributed by atoms with Gasteiger partial charge in [-0.3, -0.25) is 14.4 Å². The lowest BCUT2D eigenvalue weighted by atomic mass is 10.3. The number of anilines is 2. The molecule has 0 saturated carbocycles. The van der Waals surface area contributed by atoms with Crippen molar-refractivity contribution in [1.82, 2.24) is 24.5 Å². The van der Waals surface area contributed by atoms with Crippen molar-refractivity contribution in [3.63, 3.8) is 0 Å². The highest BCUT2D eigenvalue weighted by Crippen LogP contribution is 2.18. The van der Waals surface area contributed by atoms with Gasteiger partial charge in [0.2, 0.25) is 0 Å². The van der Waals surface area contributed by atoms with Crippen molar-refractivity contribution in [2.24, 2.45) is 7.05 Å². The molecule has 0 unspecified atom stereocenters. The molecule has 3 rings (SSSR count). The third-order valence-corrected chi connectivity index (χ3v) is 3.77. The van der Waals surface area contributed by atoms with Crippen molar-refractivity contribution in [3.05, 3.63) is 33.9 Å². The number of aryl methyl sites for hydroxylation is 2. The number of fused-ring (bicyclic) bond motifs is 1. The fourth-order valence-corrected chi connectivity index (χ4v) is 2.63. The van der Waals surface area contributed by atoms with Gasteiger partial charge in [-0.2, -0.15) is 10.2 Å². The van der Waals surface area contributed by atoms with Crippen molar-refractivity contribution in [1.29, 1.82) is 0 Å². The van der Waals surface area contributed by atoms with Crippen LogP contribution in [0.15, 0.2) is 16.9 Å². The predicted molar refractivity (Wildman–Crippen MR) is 80.7 cm³/mol. The average molecular weight is 288 g/mol. The number of hydrogen-bond donors (Lipinski definition) is 1. The minimum absolute atomic E-state index is 0.151. The summed E-state index contributed by atoms with van der Waals surface area (Å²) >= 11 is 0. The zero-order valence-electron chi connectivity index (χ0n) is 12.6. The molecule has 7 heteroatoms. The summed E-state index contributed by atoms with van der Waals surface area (Å²) in [6.45, 7) is 7.87. The highest BCUT2D eigenvalue weighted by molar-refractivity contribution is 5.55. The van der Waals surface area contributed by atoms with Crippen molar-refractivity contribution in [3.8, 4) is 0 Å². The number of nitrogens with one attached hydrogen (secondary N) is 1. The molecule has 3 heterocycles. The van der Waals surface area contributed by atoms with Gasteiger partial charge >= 0.3 is 0 Å². The second-order valence-electron chi connectivity index (χ2n) is 5.37. The maximum atomic E-state index is 12.1. The zero-order valence-corrected chi connectivity index (χ0v) is 12.6. The van der Waals surface area contributed by atoms with Crippen LogP contribution >= 0.6 is 0 Å². The van der Waals surface area contributed by atoms with Crippen LogP contribution in [0.1, 0.15) is 18.3 Å². The smallest absolute Gasteiger partial charge is 0.290 e. The number of nitrogens with zero attached hydrogens (tertiary/aromatic N) is 5. The van der Waals surface area contributed by atoms with Crippen LogP contribution in [0.3, 0.4) is 0 Å². The molecule has 0 aliphatic carbocycles. The van der Waals surface area contributed by atoms with Gasteiger partial charge in [-0.1, -0.05) is 6.92 Å². The quantitative estimate of drug-likeness (QED) is 0.907. The summed E-state index contributed by atoms with van der Waals surface area (Å²) in [7, 11) is 1.65. The molecule has 7 nitrogen and oxygen atoms in total. The van der Waals surface area contributed by atoms with E-state index in [-0.39, 0.29) is 5.56 Å². The first-order chi connectivity index (χ1) is 10.1. The van der Waals surface area contributed by atoms with E-state index in [0.717, 1.165) is 31.9 Å². The third kappa shape index (κ3) is 2.69. The fraction of sp³-hybridized carbons (Fsp3) is 0.500. The van der Waals surface area contributed by atoms with Gasteiger partial charge in [0.15, 0.2) is 5.82 Å². The van der Waals surface area contributed by atoms with E-state index < -0.39 is 0 Å². The Kier molecular flexibility index (Phi) is 3.50. The topological polar surface area (TPSA) is 68.0 Å². The zero-order chi connectivity index (χ0) is 15.0. The molecule has 1 aliphatic rings. The van der Waals surface area contributed by atoms with Crippen LogP contribution in [0, 0.1) is 6.92 Å². The minimum atomic E-state index is -0.151. The van der Waals surface area contributed by atoms with E-state index in [2.05, 4.69) is 27.3 Å². The summed E-state index contributed by atoms with van der Waals surface area (Å²) in [5.74, 6) is 0.714. The standard InChI is InChI=1S/C14H20N6O/c1-4-19-5-6-20-11(9-19)8-13(17-20)15-12-7-10(2)16-18(3)14(12)21/h7-8H,4-6,9H2,1-3H3,(H,15,17). The molecule has 0 atom stereocenters. The fourth-order valence-electron chi connectivity index (χ4n) is 2.63. The lowest BCUT2D eigenvalue weighted by Gasteiger charge is -2.25. The van der Waals surface area contributed by atoms with Crippen LogP contribution < -0.4 is 10.9 Å². The summed E-state index contributed by atoms with van der Waals surface area (Å²) in [4.78, 5) is 14.4. The van der Waals surface area contributed by atoms with E-state index in [4.69, 9.17) is 0 Å². The summed E-state index contributed by atoms with van der Waals surface area (Å²) < 4.78 is 3.35. The summed E-state index contributed by atoms with van der Waals surface area (Å²) in [6, 6.07) is 3.76. The second kappa shape index (κ2) is 5.33. The van der Waals surface area contributed by atoms with Crippen molar-refractivity contribution in [2.45, 2.75) is 26.9 Å². The van der Waals surface area contributed by atoms with Crippen LogP contribution in [-0.4, -0.2) is 37.6 Å². The van der Waals surface area contributed by atoms with Gasteiger partial charge in [-0.05, 0) is 19.5 Å². The number of aromatic nitrogens is 4. The maximum absolute atomic E-state index is 12.1. The molecule has 0 amide bonds. The van der Waals surface area contributed by atoms with Gasteiger partial charge in [-0.15, -0.1) is 0 Å². The largest absolute Gasteiger partial charge is 0.334 e. The highest BCUT2D eigenvalue weighted by atomic mass is 16.1. The molecule has 112 valence electrons. The van der Waals surface area contributed by atoms with Crippen molar-refractivity contribution in [2.75, 3.05) is 18.4 Å². The molecule has 2 aromatic heterocycles. The molecule has 2 aromatic rings. The predicted octanol–water partition coefficient (Wildman–Crippen LogP) is 0.864. The van der Waals surface area contributed by atoms with Gasteiger partial charge in [-0.25, -0.2) is 4.68 Å². The Morgan fingerprint density at radius 2 is 2.10 bits per heavy atom. The number of rotatable bonds is 3. The van der Waals surface area contributed by atoms with Crippen LogP contribution in [0.25, 0.3) is 0 Å². The maximum Gasteiger partial charge on any atom is 0.290 e. The molecule has 0 bridgehead atoms. The molecule has 0 radical (unpaired) electrons. The Morgan fingerprint density at radius 1 is 1.29 bits per heavy atom. The lowest BCUT2D eigenvalue weighted by Crippen LogP contribution is -2.33. The van der Waals surface area contributed by atoms with Crippen LogP contribution in [0.2, 0.25) is 0 Å². The summed E-state index contributed by atoms with van der Waals surface area (Å²) in [5.41, 5.74) is 2.32. The first-order valence-electron chi connectivity index (χ1n) is 7.18. The molecular formula is C14H20N6O. The van der Waals surface area contributed by atoms with E-state index in [0.29, 0.717) is 11.5 Å². The first-order valence-corrected chi connectivity index (χ1v) is 7.18. The van der Waals surface area contributed by atoms with Crippen LogP contribution in [0.5, 0.6) is 0 Å². The molecule has 1 N–H and O–H groups in total. The van der Waals surface area contributed by atoms with Gasteiger partial charge in [0.25, 0.3) is 5.56 Å². The molecule has 1 aliphatic heterocycles. The van der Waals surface area contributed by atoms with E-state index in [9.17, 15) is 4.79 Å². The van der Waals surface area contributed by atoms with Gasteiger partial charge in [0.1, 0.15) is 5.69 Å². The van der Waals surface area contributed by atoms with Crippen LogP contribution in [-0.2, 0) is 20.1 Å². The summed E-state index contributed by atoms with van der Waals surface area (Å²) in [6.07, 6.45) is 0. The molecule has 0 fully saturated rings. The number of hydrogen-bond acceptors (Lipinski definition) is 5. The summed E-state index contributed by atoms with van der Waals surface area (Å²) in [5, 5.41) is 11.7. The molecule has 0 saturated heterocycles. The van der Waals surface area contributed by atoms with Crippen molar-refractivity contribution < 1.29 is 0 Å². The second-order valence-corrected chi connectivity index (χ2v) is 5.37. The molecule has 0 spiro atoms. The molecule has 21 heavy (non-hydrogen) atoms. The Hall–Kier alpha value is -2.15. The SMILES string of the molecule is CCN1CCn2nc(Nc3cc(C)nn(C)c3=O)cc2C1. The normalized spacial score (nSPS) is 15.0. The highest BCUT2D eigenvalue weighted by Gasteiger charge is 2.17. The van der Waals surface area contributed by atoms with Crippen LogP contribution in [0.4, 0.5) is 11.5 Å². The molecule has 0 aromatic carbocycles.